The van der Waals surface area contributed by atoms with Crippen LogP contribution in [0.15, 0.2) is 0 Å². The maximum Gasteiger partial charge on any atom is 0 e. The zero-order chi connectivity index (χ0) is 2.00. The van der Waals surface area contributed by atoms with Crippen LogP contribution in [0.25, 0.3) is 0 Å². The third-order valence-corrected chi connectivity index (χ3v) is 0. The van der Waals surface area contributed by atoms with Gasteiger partial charge in [0.05, 0.1) is 0 Å². The van der Waals surface area contributed by atoms with E-state index < -0.39 is 0 Å². The molecule has 0 heterocycles. The molecule has 0 aromatic rings. The molecule has 0 rings (SSSR count). The topological polar surface area (TPSA) is 40.5 Å². The summed E-state index contributed by atoms with van der Waals surface area (Å²) in [6.07, 6.45) is 0. The summed E-state index contributed by atoms with van der Waals surface area (Å²) in [6.45, 7) is 0. The van der Waals surface area contributed by atoms with Crippen LogP contribution >= 0.6 is 0 Å². The molecule has 0 fully saturated rings. The molecule has 4 heteroatoms. The Bertz CT molecular complexity index is 4.00. The predicted octanol–water partition coefficient (Wildman–Crippen LogP) is 0.0124. The molecule has 0 aliphatic rings. The van der Waals surface area contributed by atoms with Crippen molar-refractivity contribution < 1.29 is 49.5 Å². The van der Waals surface area contributed by atoms with Gasteiger partial charge in [-0.3, -0.25) is 10.5 Å². The fourth-order valence-corrected chi connectivity index (χ4v) is 0. The number of hydrogen-bond acceptors (Lipinski definition) is 2. The summed E-state index contributed by atoms with van der Waals surface area (Å²) < 4.78 is 0. The zero-order valence-electron chi connectivity index (χ0n) is 1.60. The van der Waals surface area contributed by atoms with Gasteiger partial charge in [-0.15, -0.1) is 0 Å². The predicted molar refractivity (Wildman–Crippen MR) is 5.26 cm³/mol. The van der Waals surface area contributed by atoms with Crippen LogP contribution in [-0.4, -0.2) is 10.5 Å². The van der Waals surface area contributed by atoms with Gasteiger partial charge < -0.3 is 0 Å². The molecular weight excluding hydrogens is 234 g/mol. The molecule has 0 saturated carbocycles. The summed E-state index contributed by atoms with van der Waals surface area (Å²) in [6, 6.07) is 0. The molecule has 0 saturated heterocycles. The van der Waals surface area contributed by atoms with Gasteiger partial charge in [0.2, 0.25) is 0 Å². The summed E-state index contributed by atoms with van der Waals surface area (Å²) >= 11 is 0. The van der Waals surface area contributed by atoms with Crippen LogP contribution in [-0.2, 0) is 39.0 Å². The van der Waals surface area contributed by atoms with E-state index in [0.29, 0.717) is 0 Å². The molecule has 2 N–H and O–H groups in total. The van der Waals surface area contributed by atoms with Crippen molar-refractivity contribution in [2.45, 2.75) is 0 Å². The SMILES string of the molecule is OO.[Ru].[Ru]. The van der Waals surface area contributed by atoms with Crippen molar-refractivity contribution in [2.24, 2.45) is 0 Å². The standard InChI is InChI=1S/H2O2.2Ru/c1-2;;/h1-2H;;. The quantitative estimate of drug-likeness (QED) is 0.353. The van der Waals surface area contributed by atoms with Crippen molar-refractivity contribution in [3.05, 3.63) is 0 Å². The van der Waals surface area contributed by atoms with E-state index in [0.717, 1.165) is 0 Å². The van der Waals surface area contributed by atoms with Crippen LogP contribution in [0.4, 0.5) is 0 Å². The minimum absolute atomic E-state index is 0. The van der Waals surface area contributed by atoms with Gasteiger partial charge in [-0.05, 0) is 0 Å². The van der Waals surface area contributed by atoms with Gasteiger partial charge in [0, 0.05) is 39.0 Å². The molecule has 30 valence electrons. The minimum atomic E-state index is 0. The molecule has 0 aliphatic heterocycles. The summed E-state index contributed by atoms with van der Waals surface area (Å²) in [5.41, 5.74) is 0. The maximum atomic E-state index is 6.00. The third-order valence-electron chi connectivity index (χ3n) is 0. The summed E-state index contributed by atoms with van der Waals surface area (Å²) in [4.78, 5) is 0. The molecule has 0 spiro atoms. The molecule has 0 radical (unpaired) electrons. The molecular formula is H2O2Ru2. The van der Waals surface area contributed by atoms with E-state index in [1.54, 1.807) is 0 Å². The average Bonchev–Trinajstić information content (AvgIpc) is 1.00. The number of hydrogen-bond donors (Lipinski definition) is 2. The smallest absolute Gasteiger partial charge is 0 e. The normalized spacial score (nSPS) is 1.50. The Hall–Kier alpha value is 1.17. The van der Waals surface area contributed by atoms with Gasteiger partial charge in [-0.25, -0.2) is 0 Å². The molecule has 4 heavy (non-hydrogen) atoms. The van der Waals surface area contributed by atoms with Gasteiger partial charge in [0.15, 0.2) is 0 Å². The van der Waals surface area contributed by atoms with Gasteiger partial charge in [0.1, 0.15) is 0 Å². The first-order valence-corrected chi connectivity index (χ1v) is 0.200. The molecule has 0 aromatic heterocycles. The van der Waals surface area contributed by atoms with E-state index in [1.807, 2.05) is 0 Å². The minimum Gasteiger partial charge on any atom is -0.255 e. The summed E-state index contributed by atoms with van der Waals surface area (Å²) in [5, 5.41) is 12.0. The summed E-state index contributed by atoms with van der Waals surface area (Å²) in [7, 11) is 0. The monoisotopic (exact) mass is 238 g/mol. The van der Waals surface area contributed by atoms with Crippen molar-refractivity contribution in [3.63, 3.8) is 0 Å². The van der Waals surface area contributed by atoms with Crippen LogP contribution in [0.1, 0.15) is 0 Å². The second kappa shape index (κ2) is 30.7. The second-order valence-corrected chi connectivity index (χ2v) is 0. The van der Waals surface area contributed by atoms with E-state index in [1.165, 1.54) is 0 Å². The van der Waals surface area contributed by atoms with Crippen molar-refractivity contribution in [1.82, 2.24) is 0 Å². The first kappa shape index (κ1) is 19.1. The van der Waals surface area contributed by atoms with E-state index in [-0.39, 0.29) is 39.0 Å². The maximum absolute atomic E-state index is 6.00. The first-order valence-electron chi connectivity index (χ1n) is 0.200. The van der Waals surface area contributed by atoms with Crippen molar-refractivity contribution >= 4 is 0 Å². The zero-order valence-corrected chi connectivity index (χ0v) is 5.08. The number of rotatable bonds is 0. The van der Waals surface area contributed by atoms with Gasteiger partial charge >= 0.3 is 0 Å². The van der Waals surface area contributed by atoms with Crippen LogP contribution in [0.5, 0.6) is 0 Å². The molecule has 0 bridgehead atoms. The Morgan fingerprint density at radius 1 is 0.750 bits per heavy atom. The molecule has 0 atom stereocenters. The van der Waals surface area contributed by atoms with E-state index >= 15 is 0 Å². The van der Waals surface area contributed by atoms with Gasteiger partial charge in [-0.1, -0.05) is 0 Å². The Labute approximate surface area is 49.7 Å². The summed E-state index contributed by atoms with van der Waals surface area (Å²) in [5.74, 6) is 0. The Morgan fingerprint density at radius 3 is 0.750 bits per heavy atom. The van der Waals surface area contributed by atoms with Crippen LogP contribution < -0.4 is 0 Å². The molecule has 0 amide bonds. The van der Waals surface area contributed by atoms with E-state index in [2.05, 4.69) is 0 Å². The van der Waals surface area contributed by atoms with Gasteiger partial charge in [-0.2, -0.15) is 0 Å². The Morgan fingerprint density at radius 2 is 0.750 bits per heavy atom. The molecule has 0 unspecified atom stereocenters. The van der Waals surface area contributed by atoms with Crippen LogP contribution in [0.2, 0.25) is 0 Å². The first-order chi connectivity index (χ1) is 1.00. The largest absolute Gasteiger partial charge is 0.255 e. The van der Waals surface area contributed by atoms with E-state index in [9.17, 15) is 0 Å². The van der Waals surface area contributed by atoms with Crippen molar-refractivity contribution in [1.29, 1.82) is 0 Å². The fraction of sp³-hybridized carbons (Fsp3) is 0. The van der Waals surface area contributed by atoms with E-state index in [4.69, 9.17) is 10.5 Å². The third kappa shape index (κ3) is 10.9. The molecule has 0 aromatic carbocycles. The van der Waals surface area contributed by atoms with Gasteiger partial charge in [0.25, 0.3) is 0 Å². The fourth-order valence-electron chi connectivity index (χ4n) is 0. The van der Waals surface area contributed by atoms with Crippen molar-refractivity contribution in [3.8, 4) is 0 Å². The Kier molecular flexibility index (Phi) is 147. The molecule has 2 nitrogen and oxygen atoms in total. The van der Waals surface area contributed by atoms with Crippen LogP contribution in [0.3, 0.4) is 0 Å². The molecule has 0 aliphatic carbocycles. The average molecular weight is 236 g/mol. The second-order valence-electron chi connectivity index (χ2n) is 0. The van der Waals surface area contributed by atoms with Crippen molar-refractivity contribution in [2.75, 3.05) is 0 Å². The van der Waals surface area contributed by atoms with Crippen LogP contribution in [0, 0.1) is 0 Å². The Balaban J connectivity index is -0.00000000500.